The number of hydrogen-bond acceptors (Lipinski definition) is 6. The normalized spacial score (nSPS) is 16.5. The molecule has 0 bridgehead atoms. The van der Waals surface area contributed by atoms with E-state index >= 15 is 0 Å². The molecule has 1 amide bonds. The molecule has 2 aromatic heterocycles. The van der Waals surface area contributed by atoms with E-state index in [9.17, 15) is 4.79 Å². The molecule has 0 saturated carbocycles. The van der Waals surface area contributed by atoms with Crippen molar-refractivity contribution in [3.63, 3.8) is 0 Å². The first-order chi connectivity index (χ1) is 12.6. The summed E-state index contributed by atoms with van der Waals surface area (Å²) >= 11 is 1.87. The molecule has 1 fully saturated rings. The molecule has 0 spiro atoms. The van der Waals surface area contributed by atoms with Crippen LogP contribution in [0.4, 0.5) is 0 Å². The summed E-state index contributed by atoms with van der Waals surface area (Å²) in [5, 5.41) is 2.90. The molecule has 1 saturated heterocycles. The van der Waals surface area contributed by atoms with E-state index in [4.69, 9.17) is 9.47 Å². The SMILES string of the molecule is CC(C)Oc1ncccc1CNC(=O)c1ccnc(OC2CCSC2)c1. The molecule has 1 unspecified atom stereocenters. The minimum Gasteiger partial charge on any atom is -0.475 e. The van der Waals surface area contributed by atoms with Crippen molar-refractivity contribution < 1.29 is 14.3 Å². The number of carbonyl (C=O) groups excluding carboxylic acids is 1. The molecule has 3 rings (SSSR count). The fraction of sp³-hybridized carbons (Fsp3) is 0.421. The average molecular weight is 373 g/mol. The van der Waals surface area contributed by atoms with E-state index in [1.807, 2.05) is 37.7 Å². The van der Waals surface area contributed by atoms with Crippen LogP contribution in [0.1, 0.15) is 36.2 Å². The summed E-state index contributed by atoms with van der Waals surface area (Å²) in [6.45, 7) is 4.23. The van der Waals surface area contributed by atoms with Crippen molar-refractivity contribution in [1.82, 2.24) is 15.3 Å². The monoisotopic (exact) mass is 373 g/mol. The molecule has 26 heavy (non-hydrogen) atoms. The van der Waals surface area contributed by atoms with Gasteiger partial charge in [0.15, 0.2) is 0 Å². The Kier molecular flexibility index (Phi) is 6.33. The van der Waals surface area contributed by atoms with Crippen LogP contribution in [-0.2, 0) is 6.54 Å². The zero-order chi connectivity index (χ0) is 18.4. The van der Waals surface area contributed by atoms with Crippen LogP contribution in [0.15, 0.2) is 36.7 Å². The fourth-order valence-electron chi connectivity index (χ4n) is 2.56. The summed E-state index contributed by atoms with van der Waals surface area (Å²) in [4.78, 5) is 20.9. The second-order valence-corrected chi connectivity index (χ2v) is 7.45. The highest BCUT2D eigenvalue weighted by atomic mass is 32.2. The zero-order valence-corrected chi connectivity index (χ0v) is 15.8. The van der Waals surface area contributed by atoms with E-state index in [1.165, 1.54) is 0 Å². The van der Waals surface area contributed by atoms with Crippen LogP contribution in [-0.4, -0.2) is 39.6 Å². The summed E-state index contributed by atoms with van der Waals surface area (Å²) in [6, 6.07) is 7.09. The molecule has 7 heteroatoms. The molecular weight excluding hydrogens is 350 g/mol. The fourth-order valence-corrected chi connectivity index (χ4v) is 3.65. The van der Waals surface area contributed by atoms with Crippen molar-refractivity contribution in [2.24, 2.45) is 0 Å². The lowest BCUT2D eigenvalue weighted by molar-refractivity contribution is 0.0949. The van der Waals surface area contributed by atoms with Gasteiger partial charge in [0.05, 0.1) is 6.10 Å². The largest absolute Gasteiger partial charge is 0.475 e. The van der Waals surface area contributed by atoms with Gasteiger partial charge >= 0.3 is 0 Å². The van der Waals surface area contributed by atoms with Gasteiger partial charge in [-0.05, 0) is 38.2 Å². The predicted molar refractivity (Wildman–Crippen MR) is 102 cm³/mol. The Hall–Kier alpha value is -2.28. The Balaban J connectivity index is 1.61. The maximum atomic E-state index is 12.5. The molecule has 0 radical (unpaired) electrons. The number of rotatable bonds is 7. The molecular formula is C19H23N3O3S. The molecule has 3 heterocycles. The van der Waals surface area contributed by atoms with Crippen LogP contribution < -0.4 is 14.8 Å². The quantitative estimate of drug-likeness (QED) is 0.804. The number of nitrogens with one attached hydrogen (secondary N) is 1. The minimum atomic E-state index is -0.183. The van der Waals surface area contributed by atoms with Crippen molar-refractivity contribution in [2.75, 3.05) is 11.5 Å². The molecule has 1 atom stereocenters. The molecule has 0 aromatic carbocycles. The van der Waals surface area contributed by atoms with Crippen molar-refractivity contribution in [2.45, 2.75) is 39.0 Å². The molecule has 0 aliphatic carbocycles. The number of pyridine rings is 2. The van der Waals surface area contributed by atoms with E-state index in [2.05, 4.69) is 15.3 Å². The van der Waals surface area contributed by atoms with E-state index in [1.54, 1.807) is 24.5 Å². The minimum absolute atomic E-state index is 0.0213. The van der Waals surface area contributed by atoms with Gasteiger partial charge < -0.3 is 14.8 Å². The number of thioether (sulfide) groups is 1. The molecule has 6 nitrogen and oxygen atoms in total. The highest BCUT2D eigenvalue weighted by Crippen LogP contribution is 2.22. The van der Waals surface area contributed by atoms with Crippen LogP contribution >= 0.6 is 11.8 Å². The lowest BCUT2D eigenvalue weighted by Gasteiger charge is -2.14. The summed E-state index contributed by atoms with van der Waals surface area (Å²) in [5.41, 5.74) is 1.36. The number of ether oxygens (including phenoxy) is 2. The Bertz CT molecular complexity index is 748. The first-order valence-corrected chi connectivity index (χ1v) is 9.86. The summed E-state index contributed by atoms with van der Waals surface area (Å²) in [5.74, 6) is 2.93. The van der Waals surface area contributed by atoms with Gasteiger partial charge in [0, 0.05) is 41.9 Å². The first kappa shape index (κ1) is 18.5. The van der Waals surface area contributed by atoms with Gasteiger partial charge in [-0.3, -0.25) is 4.79 Å². The average Bonchev–Trinajstić information content (AvgIpc) is 3.13. The predicted octanol–water partition coefficient (Wildman–Crippen LogP) is 3.08. The standard InChI is InChI=1S/C19H23N3O3S/c1-13(2)24-19-15(4-3-7-21-19)11-22-18(23)14-5-8-20-17(10-14)25-16-6-9-26-12-16/h3-5,7-8,10,13,16H,6,9,11-12H2,1-2H3,(H,22,23). The van der Waals surface area contributed by atoms with Gasteiger partial charge in [0.25, 0.3) is 5.91 Å². The van der Waals surface area contributed by atoms with Crippen molar-refractivity contribution in [3.05, 3.63) is 47.8 Å². The van der Waals surface area contributed by atoms with Gasteiger partial charge in [-0.15, -0.1) is 0 Å². The Morgan fingerprint density at radius 2 is 2.23 bits per heavy atom. The maximum absolute atomic E-state index is 12.5. The van der Waals surface area contributed by atoms with Gasteiger partial charge in [-0.25, -0.2) is 9.97 Å². The van der Waals surface area contributed by atoms with E-state index in [-0.39, 0.29) is 18.1 Å². The Morgan fingerprint density at radius 3 is 3.00 bits per heavy atom. The van der Waals surface area contributed by atoms with Crippen LogP contribution in [0.25, 0.3) is 0 Å². The number of nitrogens with zero attached hydrogens (tertiary/aromatic N) is 2. The molecule has 2 aromatic rings. The smallest absolute Gasteiger partial charge is 0.251 e. The molecule has 1 aliphatic heterocycles. The highest BCUT2D eigenvalue weighted by molar-refractivity contribution is 7.99. The number of aromatic nitrogens is 2. The van der Waals surface area contributed by atoms with Crippen LogP contribution in [0.2, 0.25) is 0 Å². The molecule has 1 N–H and O–H groups in total. The van der Waals surface area contributed by atoms with Crippen molar-refractivity contribution >= 4 is 17.7 Å². The summed E-state index contributed by atoms with van der Waals surface area (Å²) < 4.78 is 11.5. The van der Waals surface area contributed by atoms with Crippen LogP contribution in [0.5, 0.6) is 11.8 Å². The Labute approximate surface area is 157 Å². The lowest BCUT2D eigenvalue weighted by Crippen LogP contribution is -2.24. The molecule has 138 valence electrons. The van der Waals surface area contributed by atoms with Gasteiger partial charge in [0.2, 0.25) is 11.8 Å². The van der Waals surface area contributed by atoms with Crippen molar-refractivity contribution in [1.29, 1.82) is 0 Å². The third-order valence-electron chi connectivity index (χ3n) is 3.81. The second kappa shape index (κ2) is 8.89. The van der Waals surface area contributed by atoms with E-state index in [0.29, 0.717) is 23.9 Å². The van der Waals surface area contributed by atoms with Gasteiger partial charge in [0.1, 0.15) is 6.10 Å². The van der Waals surface area contributed by atoms with Crippen LogP contribution in [0, 0.1) is 0 Å². The lowest BCUT2D eigenvalue weighted by atomic mass is 10.2. The second-order valence-electron chi connectivity index (χ2n) is 6.30. The maximum Gasteiger partial charge on any atom is 0.251 e. The zero-order valence-electron chi connectivity index (χ0n) is 15.0. The number of carbonyl (C=O) groups is 1. The first-order valence-electron chi connectivity index (χ1n) is 8.71. The highest BCUT2D eigenvalue weighted by Gasteiger charge is 2.18. The summed E-state index contributed by atoms with van der Waals surface area (Å²) in [6.07, 6.45) is 4.49. The molecule has 1 aliphatic rings. The van der Waals surface area contributed by atoms with Crippen molar-refractivity contribution in [3.8, 4) is 11.8 Å². The third-order valence-corrected chi connectivity index (χ3v) is 4.94. The Morgan fingerprint density at radius 1 is 1.35 bits per heavy atom. The topological polar surface area (TPSA) is 73.3 Å². The summed E-state index contributed by atoms with van der Waals surface area (Å²) in [7, 11) is 0. The van der Waals surface area contributed by atoms with E-state index in [0.717, 1.165) is 23.5 Å². The number of amides is 1. The van der Waals surface area contributed by atoms with Gasteiger partial charge in [-0.2, -0.15) is 11.8 Å². The van der Waals surface area contributed by atoms with Crippen LogP contribution in [0.3, 0.4) is 0 Å². The number of hydrogen-bond donors (Lipinski definition) is 1. The third kappa shape index (κ3) is 5.11. The van der Waals surface area contributed by atoms with E-state index < -0.39 is 0 Å². The van der Waals surface area contributed by atoms with Gasteiger partial charge in [-0.1, -0.05) is 6.07 Å².